The van der Waals surface area contributed by atoms with E-state index in [2.05, 4.69) is 11.1 Å². The van der Waals surface area contributed by atoms with Gasteiger partial charge in [0.05, 0.1) is 31.7 Å². The molecule has 21 heavy (non-hydrogen) atoms. The van der Waals surface area contributed by atoms with Gasteiger partial charge in [0, 0.05) is 5.56 Å². The summed E-state index contributed by atoms with van der Waals surface area (Å²) in [4.78, 5) is 4.71. The molecule has 1 aliphatic heterocycles. The summed E-state index contributed by atoms with van der Waals surface area (Å²) in [6.07, 6.45) is 0.992. The second kappa shape index (κ2) is 6.09. The number of hydrogen-bond donors (Lipinski definition) is 2. The van der Waals surface area contributed by atoms with Crippen LogP contribution in [0.1, 0.15) is 29.5 Å². The molecule has 7 heteroatoms. The molecule has 106 valence electrons. The van der Waals surface area contributed by atoms with E-state index in [-0.39, 0.29) is 23.4 Å². The Labute approximate surface area is 122 Å². The number of anilines is 2. The summed E-state index contributed by atoms with van der Waals surface area (Å²) < 4.78 is 0. The number of nitrogen functional groups attached to an aromatic ring is 1. The predicted octanol–water partition coefficient (Wildman–Crippen LogP) is -0.147. The molecule has 0 bridgehead atoms. The Hall–Kier alpha value is -2.82. The van der Waals surface area contributed by atoms with Crippen molar-refractivity contribution >= 4 is 11.6 Å². The zero-order valence-corrected chi connectivity index (χ0v) is 11.4. The highest BCUT2D eigenvalue weighted by Gasteiger charge is 2.29. The molecule has 0 radical (unpaired) electrons. The molecule has 2 heterocycles. The number of nitrogens with one attached hydrogen (secondary N) is 1. The van der Waals surface area contributed by atoms with Gasteiger partial charge in [-0.3, -0.25) is 4.90 Å². The predicted molar refractivity (Wildman–Crippen MR) is 73.6 cm³/mol. The van der Waals surface area contributed by atoms with Crippen molar-refractivity contribution in [2.45, 2.75) is 25.4 Å². The lowest BCUT2D eigenvalue weighted by molar-refractivity contribution is -0.347. The summed E-state index contributed by atoms with van der Waals surface area (Å²) >= 11 is 0. The average molecular weight is 283 g/mol. The molecule has 0 aromatic carbocycles. The second-order valence-electron chi connectivity index (χ2n) is 4.92. The fourth-order valence-electron chi connectivity index (χ4n) is 2.58. The molecule has 0 amide bonds. The number of piperidine rings is 1. The fourth-order valence-corrected chi connectivity index (χ4v) is 2.58. The first kappa shape index (κ1) is 14.6. The van der Waals surface area contributed by atoms with Gasteiger partial charge in [-0.25, -0.2) is 4.98 Å². The van der Waals surface area contributed by atoms with Gasteiger partial charge >= 0.3 is 0 Å². The van der Waals surface area contributed by atoms with Gasteiger partial charge in [0.25, 0.3) is 0 Å². The van der Waals surface area contributed by atoms with E-state index in [1.165, 1.54) is 0 Å². The van der Waals surface area contributed by atoms with Gasteiger partial charge < -0.3 is 10.8 Å². The van der Waals surface area contributed by atoms with E-state index < -0.39 is 6.10 Å². The number of hydrogen-bond acceptors (Lipinski definition) is 6. The zero-order chi connectivity index (χ0) is 15.4. The number of aliphatic hydroxyl groups is 1. The molecule has 1 saturated heterocycles. The van der Waals surface area contributed by atoms with Crippen LogP contribution in [0.3, 0.4) is 0 Å². The smallest absolute Gasteiger partial charge is 0.240 e. The van der Waals surface area contributed by atoms with Crippen molar-refractivity contribution in [2.24, 2.45) is 0 Å². The summed E-state index contributed by atoms with van der Waals surface area (Å²) in [5.41, 5.74) is 6.56. The Morgan fingerprint density at radius 3 is 2.57 bits per heavy atom. The van der Waals surface area contributed by atoms with E-state index in [9.17, 15) is 10.4 Å². The molecule has 7 nitrogen and oxygen atoms in total. The van der Waals surface area contributed by atoms with Crippen molar-refractivity contribution in [3.63, 3.8) is 0 Å². The number of aliphatic hydroxyl groups excluding tert-OH is 1. The number of β-amino-alcohol motifs (C(OH)–C–C–N with tert-alkyl or cyclic N) is 1. The molecule has 0 saturated carbocycles. The van der Waals surface area contributed by atoms with Crippen LogP contribution in [-0.2, 0) is 6.42 Å². The molecular formula is C14H15N6O+. The number of nitriles is 3. The number of aromatic nitrogens is 1. The molecule has 1 fully saturated rings. The van der Waals surface area contributed by atoms with Crippen LogP contribution in [0.5, 0.6) is 0 Å². The van der Waals surface area contributed by atoms with Gasteiger partial charge in [-0.1, -0.05) is 0 Å². The molecule has 2 rings (SSSR count). The van der Waals surface area contributed by atoms with Gasteiger partial charge in [-0.05, 0) is 12.8 Å². The lowest BCUT2D eigenvalue weighted by Gasteiger charge is -2.28. The standard InChI is InChI=1S/C14H14N6O/c15-4-3-10-11(6-16)13(18)19-14(12(10)7-17)20-5-1-2-9(21)8-20/h9,21H,1-3,5,8H2,(H2,18,19)/p+1/t9-/m0/s1. The van der Waals surface area contributed by atoms with Crippen molar-refractivity contribution < 1.29 is 10.1 Å². The number of rotatable bonds is 2. The highest BCUT2D eigenvalue weighted by molar-refractivity contribution is 5.64. The van der Waals surface area contributed by atoms with Crippen LogP contribution in [-0.4, -0.2) is 24.3 Å². The Kier molecular flexibility index (Phi) is 4.23. The molecular weight excluding hydrogens is 268 g/mol. The molecule has 0 aliphatic carbocycles. The van der Waals surface area contributed by atoms with E-state index in [4.69, 9.17) is 16.3 Å². The minimum atomic E-state index is -0.463. The van der Waals surface area contributed by atoms with Crippen LogP contribution in [0.2, 0.25) is 0 Å². The Morgan fingerprint density at radius 1 is 1.29 bits per heavy atom. The number of nitrogens with zero attached hydrogens (tertiary/aromatic N) is 4. The van der Waals surface area contributed by atoms with Crippen LogP contribution >= 0.6 is 0 Å². The summed E-state index contributed by atoms with van der Waals surface area (Å²) in [5, 5.41) is 37.3. The average Bonchev–Trinajstić information content (AvgIpc) is 2.47. The minimum absolute atomic E-state index is 0.0614. The molecule has 4 N–H and O–H groups in total. The van der Waals surface area contributed by atoms with E-state index >= 15 is 0 Å². The topological polar surface area (TPSA) is 135 Å². The van der Waals surface area contributed by atoms with E-state index in [0.29, 0.717) is 24.5 Å². The van der Waals surface area contributed by atoms with E-state index in [1.807, 2.05) is 17.0 Å². The second-order valence-corrected chi connectivity index (χ2v) is 4.92. The number of aromatic amines is 1. The Morgan fingerprint density at radius 2 is 2.00 bits per heavy atom. The Bertz CT molecular complexity index is 679. The maximum atomic E-state index is 9.77. The third-order valence-corrected chi connectivity index (χ3v) is 3.55. The number of pyridine rings is 1. The largest absolute Gasteiger partial charge is 0.390 e. The maximum absolute atomic E-state index is 9.77. The van der Waals surface area contributed by atoms with Gasteiger partial charge in [-0.2, -0.15) is 15.8 Å². The number of nitrogens with two attached hydrogens (primary N) is 1. The van der Waals surface area contributed by atoms with Crippen LogP contribution in [0.4, 0.5) is 11.6 Å². The van der Waals surface area contributed by atoms with Crippen molar-refractivity contribution in [1.82, 2.24) is 0 Å². The molecule has 0 spiro atoms. The highest BCUT2D eigenvalue weighted by Crippen LogP contribution is 2.26. The summed E-state index contributed by atoms with van der Waals surface area (Å²) in [5.74, 6) is 0.606. The maximum Gasteiger partial charge on any atom is 0.240 e. The van der Waals surface area contributed by atoms with Crippen LogP contribution in [0, 0.1) is 34.0 Å². The van der Waals surface area contributed by atoms with Gasteiger partial charge in [0.15, 0.2) is 0 Å². The first-order chi connectivity index (χ1) is 10.1. The lowest BCUT2D eigenvalue weighted by atomic mass is 9.99. The van der Waals surface area contributed by atoms with Crippen molar-refractivity contribution in [1.29, 1.82) is 15.8 Å². The van der Waals surface area contributed by atoms with E-state index in [0.717, 1.165) is 12.8 Å². The summed E-state index contributed by atoms with van der Waals surface area (Å²) in [7, 11) is 0. The van der Waals surface area contributed by atoms with Crippen molar-refractivity contribution in [2.75, 3.05) is 23.7 Å². The number of H-pyrrole nitrogens is 1. The first-order valence-electron chi connectivity index (χ1n) is 6.60. The summed E-state index contributed by atoms with van der Waals surface area (Å²) in [6.45, 7) is 1.07. The minimum Gasteiger partial charge on any atom is -0.390 e. The third-order valence-electron chi connectivity index (χ3n) is 3.55. The highest BCUT2D eigenvalue weighted by atomic mass is 16.3. The molecule has 1 aromatic rings. The van der Waals surface area contributed by atoms with Gasteiger partial charge in [0.2, 0.25) is 11.6 Å². The van der Waals surface area contributed by atoms with Crippen LogP contribution in [0.25, 0.3) is 0 Å². The fraction of sp³-hybridized carbons (Fsp3) is 0.429. The molecule has 1 aliphatic rings. The van der Waals surface area contributed by atoms with Crippen LogP contribution in [0.15, 0.2) is 0 Å². The normalized spacial score (nSPS) is 17.6. The van der Waals surface area contributed by atoms with Gasteiger partial charge in [-0.15, -0.1) is 0 Å². The zero-order valence-electron chi connectivity index (χ0n) is 11.4. The van der Waals surface area contributed by atoms with E-state index in [1.54, 1.807) is 0 Å². The molecule has 1 aromatic heterocycles. The van der Waals surface area contributed by atoms with Gasteiger partial charge in [0.1, 0.15) is 23.3 Å². The van der Waals surface area contributed by atoms with Crippen molar-refractivity contribution in [3.8, 4) is 18.2 Å². The van der Waals surface area contributed by atoms with Crippen LogP contribution < -0.4 is 15.6 Å². The quantitative estimate of drug-likeness (QED) is 0.775. The monoisotopic (exact) mass is 283 g/mol. The Balaban J connectivity index is 2.59. The van der Waals surface area contributed by atoms with Crippen molar-refractivity contribution in [3.05, 3.63) is 16.7 Å². The molecule has 0 unspecified atom stereocenters. The lowest BCUT2D eigenvalue weighted by Crippen LogP contribution is -2.42. The SMILES string of the molecule is N#CCc1c(C#N)c(N)[nH+]c(N2CCC[C@H](O)C2)c1C#N. The summed E-state index contributed by atoms with van der Waals surface area (Å²) in [6, 6.07) is 5.95. The molecule has 1 atom stereocenters. The third kappa shape index (κ3) is 2.72. The first-order valence-corrected chi connectivity index (χ1v) is 6.60.